The van der Waals surface area contributed by atoms with Crippen molar-refractivity contribution in [3.05, 3.63) is 101 Å². The van der Waals surface area contributed by atoms with Crippen molar-refractivity contribution in [1.29, 1.82) is 0 Å². The molecule has 0 aliphatic rings. The summed E-state index contributed by atoms with van der Waals surface area (Å²) < 4.78 is 0. The molecule has 0 aliphatic heterocycles. The zero-order chi connectivity index (χ0) is 26.0. The van der Waals surface area contributed by atoms with E-state index in [1.807, 2.05) is 6.20 Å². The van der Waals surface area contributed by atoms with E-state index in [1.54, 1.807) is 0 Å². The maximum absolute atomic E-state index is 10.0. The van der Waals surface area contributed by atoms with Crippen LogP contribution in [0, 0.1) is 19.9 Å². The Bertz CT molecular complexity index is 1630. The fraction of sp³-hybridized carbons (Fsp3) is 0.212. The van der Waals surface area contributed by atoms with Crippen LogP contribution < -0.4 is 0 Å². The van der Waals surface area contributed by atoms with Crippen LogP contribution in [-0.2, 0) is 24.9 Å². The predicted octanol–water partition coefficient (Wildman–Crippen LogP) is 8.78. The number of aryl methyl sites for hydroxylation is 2. The van der Waals surface area contributed by atoms with E-state index in [4.69, 9.17) is 10.1 Å². The molecule has 0 aliphatic carbocycles. The van der Waals surface area contributed by atoms with Gasteiger partial charge in [0.1, 0.15) is 0 Å². The van der Waals surface area contributed by atoms with E-state index in [0.29, 0.717) is 5.92 Å². The third-order valence-corrected chi connectivity index (χ3v) is 6.39. The van der Waals surface area contributed by atoms with Crippen LogP contribution in [0.5, 0.6) is 0 Å². The van der Waals surface area contributed by atoms with E-state index in [-0.39, 0.29) is 31.6 Å². The van der Waals surface area contributed by atoms with Crippen molar-refractivity contribution in [2.45, 2.75) is 47.5 Å². The Labute approximate surface area is 232 Å². The third kappa shape index (κ3) is 6.15. The molecule has 0 saturated carbocycles. The molecule has 0 spiro atoms. The van der Waals surface area contributed by atoms with Crippen LogP contribution in [0.4, 0.5) is 0 Å². The van der Waals surface area contributed by atoms with E-state index >= 15 is 0 Å². The van der Waals surface area contributed by atoms with Gasteiger partial charge in [-0.05, 0) is 65.4 Å². The van der Waals surface area contributed by atoms with E-state index in [9.17, 15) is 4.79 Å². The molecule has 191 valence electrons. The topological polar surface area (TPSA) is 50.2 Å². The number of fused-ring (bicyclic) bond motifs is 4. The summed E-state index contributed by atoms with van der Waals surface area (Å²) in [7, 11) is 0. The molecule has 1 aromatic heterocycles. The van der Waals surface area contributed by atoms with E-state index in [1.165, 1.54) is 63.5 Å². The largest absolute Gasteiger partial charge is 0.512 e. The van der Waals surface area contributed by atoms with Crippen molar-refractivity contribution >= 4 is 38.1 Å². The van der Waals surface area contributed by atoms with E-state index in [0.717, 1.165) is 16.6 Å². The molecule has 0 amide bonds. The second kappa shape index (κ2) is 11.8. The smallest absolute Gasteiger partial charge is 0.155 e. The summed E-state index contributed by atoms with van der Waals surface area (Å²) in [5.41, 5.74) is 6.07. The van der Waals surface area contributed by atoms with Crippen LogP contribution >= 0.6 is 0 Å². The first kappa shape index (κ1) is 28.2. The maximum atomic E-state index is 10.0. The van der Waals surface area contributed by atoms with Gasteiger partial charge in [0.25, 0.3) is 0 Å². The first-order valence-electron chi connectivity index (χ1n) is 12.3. The third-order valence-electron chi connectivity index (χ3n) is 6.39. The molecule has 0 fully saturated rings. The van der Waals surface area contributed by atoms with Crippen LogP contribution in [0.3, 0.4) is 0 Å². The van der Waals surface area contributed by atoms with Gasteiger partial charge in [-0.3, -0.25) is 9.78 Å². The molecule has 4 heteroatoms. The Hall–Kier alpha value is -3.33. The fourth-order valence-corrected chi connectivity index (χ4v) is 4.88. The van der Waals surface area contributed by atoms with Crippen molar-refractivity contribution in [2.75, 3.05) is 0 Å². The molecule has 4 aromatic carbocycles. The number of nitrogens with zero attached hydrogens (tertiary/aromatic N) is 1. The number of aliphatic hydroxyl groups excluding tert-OH is 1. The van der Waals surface area contributed by atoms with Gasteiger partial charge in [-0.2, -0.15) is 0 Å². The van der Waals surface area contributed by atoms with Crippen LogP contribution in [0.2, 0.25) is 0 Å². The van der Waals surface area contributed by atoms with Crippen molar-refractivity contribution in [1.82, 2.24) is 4.98 Å². The molecule has 0 atom stereocenters. The number of benzene rings is 4. The van der Waals surface area contributed by atoms with Crippen molar-refractivity contribution in [3.63, 3.8) is 0 Å². The molecule has 5 rings (SSSR count). The summed E-state index contributed by atoms with van der Waals surface area (Å²) >= 11 is 0. The number of aromatic nitrogens is 1. The Morgan fingerprint density at radius 3 is 2.30 bits per heavy atom. The normalized spacial score (nSPS) is 11.4. The molecule has 0 bridgehead atoms. The van der Waals surface area contributed by atoms with Crippen molar-refractivity contribution in [3.8, 4) is 11.3 Å². The Balaban J connectivity index is 0.000000422. The molecule has 5 aromatic rings. The number of rotatable bonds is 3. The quantitative estimate of drug-likeness (QED) is 0.0907. The predicted molar refractivity (Wildman–Crippen MR) is 152 cm³/mol. The summed E-state index contributed by atoms with van der Waals surface area (Å²) in [4.78, 5) is 14.8. The number of carbonyl (C=O) groups excluding carboxylic acids is 1. The molecule has 0 saturated heterocycles. The summed E-state index contributed by atoms with van der Waals surface area (Å²) in [6.45, 7) is 11.7. The van der Waals surface area contributed by atoms with Gasteiger partial charge in [-0.1, -0.05) is 74.2 Å². The molecule has 1 heterocycles. The zero-order valence-corrected chi connectivity index (χ0v) is 24.5. The van der Waals surface area contributed by atoms with Crippen LogP contribution in [0.15, 0.2) is 78.7 Å². The molecule has 0 unspecified atom stereocenters. The maximum Gasteiger partial charge on any atom is 0.155 e. The minimum absolute atomic E-state index is 0. The number of allylic oxidation sites excluding steroid dienone is 2. The van der Waals surface area contributed by atoms with Crippen LogP contribution in [-0.4, -0.2) is 15.9 Å². The number of aliphatic hydroxyl groups is 1. The molecule has 3 nitrogen and oxygen atoms in total. The molecule has 1 N–H and O–H groups in total. The van der Waals surface area contributed by atoms with E-state index in [2.05, 4.69) is 94.4 Å². The SMILES string of the molecule is CC(=O)/C=C(/C)O.Cc1cc2c(-c3[c-]c4ccc5ccccc5c4c(C)c3)nccc2cc1C(C)C.[Ir]. The van der Waals surface area contributed by atoms with Gasteiger partial charge in [-0.15, -0.1) is 29.1 Å². The van der Waals surface area contributed by atoms with Gasteiger partial charge < -0.3 is 5.11 Å². The second-order valence-electron chi connectivity index (χ2n) is 9.72. The Morgan fingerprint density at radius 2 is 1.65 bits per heavy atom. The van der Waals surface area contributed by atoms with Gasteiger partial charge in [0.05, 0.1) is 5.76 Å². The zero-order valence-electron chi connectivity index (χ0n) is 22.1. The monoisotopic (exact) mass is 667 g/mol. The van der Waals surface area contributed by atoms with Crippen molar-refractivity contribution < 1.29 is 30.0 Å². The summed E-state index contributed by atoms with van der Waals surface area (Å²) in [5.74, 6) is 0.450. The summed E-state index contributed by atoms with van der Waals surface area (Å²) in [6, 6.07) is 25.6. The molecular weight excluding hydrogens is 635 g/mol. The standard InChI is InChI=1S/C28H24N.C5H8O2.Ir/c1-17(2)25-16-21-11-12-29-28(26(21)14-18(25)3)23-13-19(4)27-22(15-23)10-9-20-7-5-6-8-24(20)27;1-4(6)3-5(2)7;/h5-14,16-17H,1-4H3;3,6H,1-2H3;/q-1;;/b;4-3-;. The Morgan fingerprint density at radius 1 is 0.919 bits per heavy atom. The molecule has 1 radical (unpaired) electrons. The number of ketones is 1. The van der Waals surface area contributed by atoms with Gasteiger partial charge >= 0.3 is 0 Å². The van der Waals surface area contributed by atoms with Gasteiger partial charge in [-0.25, -0.2) is 0 Å². The number of pyridine rings is 1. The van der Waals surface area contributed by atoms with Crippen LogP contribution in [0.1, 0.15) is 50.3 Å². The van der Waals surface area contributed by atoms with Gasteiger partial charge in [0, 0.05) is 38.1 Å². The number of carbonyl (C=O) groups is 1. The minimum atomic E-state index is -0.125. The van der Waals surface area contributed by atoms with Crippen molar-refractivity contribution in [2.24, 2.45) is 0 Å². The van der Waals surface area contributed by atoms with E-state index < -0.39 is 0 Å². The average Bonchev–Trinajstić information content (AvgIpc) is 2.82. The molecular formula is C33H32IrNO2-. The first-order chi connectivity index (χ1) is 17.2. The number of hydrogen-bond acceptors (Lipinski definition) is 3. The average molecular weight is 667 g/mol. The minimum Gasteiger partial charge on any atom is -0.512 e. The first-order valence-corrected chi connectivity index (χ1v) is 12.3. The second-order valence-corrected chi connectivity index (χ2v) is 9.72. The van der Waals surface area contributed by atoms with Gasteiger partial charge in [0.2, 0.25) is 0 Å². The fourth-order valence-electron chi connectivity index (χ4n) is 4.88. The molecule has 37 heavy (non-hydrogen) atoms. The summed E-state index contributed by atoms with van der Waals surface area (Å²) in [6.07, 6.45) is 3.09. The Kier molecular flexibility index (Phi) is 9.02. The van der Waals surface area contributed by atoms with Crippen LogP contribution in [0.25, 0.3) is 43.6 Å². The summed E-state index contributed by atoms with van der Waals surface area (Å²) in [5, 5.41) is 15.8. The van der Waals surface area contributed by atoms with Gasteiger partial charge in [0.15, 0.2) is 5.78 Å². The number of hydrogen-bond donors (Lipinski definition) is 1.